The van der Waals surface area contributed by atoms with Gasteiger partial charge in [0.15, 0.2) is 0 Å². The number of aryl methyl sites for hydroxylation is 1. The normalized spacial score (nSPS) is 11.5. The topological polar surface area (TPSA) is 46.9 Å². The highest BCUT2D eigenvalue weighted by Crippen LogP contribution is 2.31. The van der Waals surface area contributed by atoms with Crippen LogP contribution in [0, 0.1) is 5.82 Å². The Hall–Kier alpha value is -2.38. The molecular weight excluding hydrogens is 290 g/mol. The first-order chi connectivity index (χ1) is 9.79. The Morgan fingerprint density at radius 2 is 2.10 bits per heavy atom. The van der Waals surface area contributed by atoms with E-state index in [2.05, 4.69) is 10.3 Å². The predicted octanol–water partition coefficient (Wildman–Crippen LogP) is 2.51. The molecule has 0 saturated carbocycles. The van der Waals surface area contributed by atoms with Crippen molar-refractivity contribution in [2.45, 2.75) is 12.7 Å². The summed E-state index contributed by atoms with van der Waals surface area (Å²) in [6.45, 7) is 0.0566. The summed E-state index contributed by atoms with van der Waals surface area (Å²) < 4.78 is 52.5. The molecule has 21 heavy (non-hydrogen) atoms. The van der Waals surface area contributed by atoms with Gasteiger partial charge in [0.2, 0.25) is 0 Å². The molecule has 0 aliphatic rings. The summed E-state index contributed by atoms with van der Waals surface area (Å²) in [5, 5.41) is 2.43. The molecule has 0 saturated heterocycles. The van der Waals surface area contributed by atoms with E-state index in [1.807, 2.05) is 0 Å². The summed E-state index contributed by atoms with van der Waals surface area (Å²) in [5.41, 5.74) is -1.73. The Bertz CT molecular complexity index is 664. The SMILES string of the molecule is Cn1ccnc1CNC(=O)c1ccc(F)c(C(F)(F)F)c1. The van der Waals surface area contributed by atoms with E-state index < -0.39 is 23.5 Å². The maximum absolute atomic E-state index is 13.1. The molecule has 1 amide bonds. The van der Waals surface area contributed by atoms with E-state index in [0.717, 1.165) is 6.07 Å². The fourth-order valence-electron chi connectivity index (χ4n) is 1.71. The molecule has 0 aliphatic carbocycles. The van der Waals surface area contributed by atoms with Crippen molar-refractivity contribution in [3.8, 4) is 0 Å². The quantitative estimate of drug-likeness (QED) is 0.886. The summed E-state index contributed by atoms with van der Waals surface area (Å²) in [4.78, 5) is 15.8. The maximum Gasteiger partial charge on any atom is 0.419 e. The Morgan fingerprint density at radius 1 is 1.38 bits per heavy atom. The minimum absolute atomic E-state index is 0.0566. The first kappa shape index (κ1) is 15.0. The number of rotatable bonds is 3. The molecule has 1 aromatic carbocycles. The number of carbonyl (C=O) groups excluding carboxylic acids is 1. The number of nitrogens with zero attached hydrogens (tertiary/aromatic N) is 2. The lowest BCUT2D eigenvalue weighted by Crippen LogP contribution is -2.25. The Morgan fingerprint density at radius 3 is 2.67 bits per heavy atom. The van der Waals surface area contributed by atoms with Gasteiger partial charge in [-0.15, -0.1) is 0 Å². The molecule has 0 unspecified atom stereocenters. The van der Waals surface area contributed by atoms with Crippen LogP contribution in [0.4, 0.5) is 17.6 Å². The van der Waals surface area contributed by atoms with Crippen molar-refractivity contribution in [2.75, 3.05) is 0 Å². The summed E-state index contributed by atoms with van der Waals surface area (Å²) in [7, 11) is 1.72. The van der Waals surface area contributed by atoms with Crippen LogP contribution in [0.5, 0.6) is 0 Å². The van der Waals surface area contributed by atoms with Crippen molar-refractivity contribution >= 4 is 5.91 Å². The monoisotopic (exact) mass is 301 g/mol. The molecule has 2 aromatic rings. The van der Waals surface area contributed by atoms with Crippen molar-refractivity contribution in [3.63, 3.8) is 0 Å². The van der Waals surface area contributed by atoms with Gasteiger partial charge in [0.1, 0.15) is 11.6 Å². The molecule has 1 aromatic heterocycles. The van der Waals surface area contributed by atoms with Crippen molar-refractivity contribution in [1.82, 2.24) is 14.9 Å². The van der Waals surface area contributed by atoms with Crippen LogP contribution in [0.3, 0.4) is 0 Å². The molecule has 0 atom stereocenters. The van der Waals surface area contributed by atoms with Gasteiger partial charge in [-0.05, 0) is 18.2 Å². The fourth-order valence-corrected chi connectivity index (χ4v) is 1.71. The number of amides is 1. The van der Waals surface area contributed by atoms with Gasteiger partial charge in [0.25, 0.3) is 5.91 Å². The van der Waals surface area contributed by atoms with E-state index in [0.29, 0.717) is 18.0 Å². The summed E-state index contributed by atoms with van der Waals surface area (Å²) in [6, 6.07) is 2.11. The van der Waals surface area contributed by atoms with Crippen LogP contribution in [-0.2, 0) is 19.8 Å². The smallest absolute Gasteiger partial charge is 0.345 e. The predicted molar refractivity (Wildman–Crippen MR) is 65.8 cm³/mol. The highest BCUT2D eigenvalue weighted by Gasteiger charge is 2.34. The molecule has 1 heterocycles. The van der Waals surface area contributed by atoms with Gasteiger partial charge in [-0.2, -0.15) is 13.2 Å². The number of alkyl halides is 3. The van der Waals surface area contributed by atoms with Crippen LogP contribution in [0.2, 0.25) is 0 Å². The number of nitrogens with one attached hydrogen (secondary N) is 1. The molecule has 8 heteroatoms. The molecule has 0 aliphatic heterocycles. The highest BCUT2D eigenvalue weighted by molar-refractivity contribution is 5.94. The lowest BCUT2D eigenvalue weighted by molar-refractivity contribution is -0.140. The number of hydrogen-bond donors (Lipinski definition) is 1. The van der Waals surface area contributed by atoms with Crippen molar-refractivity contribution < 1.29 is 22.4 Å². The third kappa shape index (κ3) is 3.39. The van der Waals surface area contributed by atoms with Gasteiger partial charge in [-0.1, -0.05) is 0 Å². The average Bonchev–Trinajstić information content (AvgIpc) is 2.80. The Kier molecular flexibility index (Phi) is 3.97. The van der Waals surface area contributed by atoms with Crippen LogP contribution >= 0.6 is 0 Å². The number of halogens is 4. The molecule has 0 bridgehead atoms. The van der Waals surface area contributed by atoms with Crippen LogP contribution in [0.15, 0.2) is 30.6 Å². The lowest BCUT2D eigenvalue weighted by atomic mass is 10.1. The van der Waals surface area contributed by atoms with Gasteiger partial charge in [0, 0.05) is 25.0 Å². The molecule has 4 nitrogen and oxygen atoms in total. The van der Waals surface area contributed by atoms with Gasteiger partial charge in [0.05, 0.1) is 12.1 Å². The zero-order valence-corrected chi connectivity index (χ0v) is 10.9. The summed E-state index contributed by atoms with van der Waals surface area (Å²) in [5.74, 6) is -1.60. The van der Waals surface area contributed by atoms with Crippen molar-refractivity contribution in [3.05, 3.63) is 53.4 Å². The Labute approximate surface area is 117 Å². The number of carbonyl (C=O) groups is 1. The van der Waals surface area contributed by atoms with E-state index in [9.17, 15) is 22.4 Å². The van der Waals surface area contributed by atoms with E-state index in [4.69, 9.17) is 0 Å². The number of imidazole rings is 1. The second kappa shape index (κ2) is 5.55. The zero-order chi connectivity index (χ0) is 15.6. The van der Waals surface area contributed by atoms with E-state index >= 15 is 0 Å². The number of hydrogen-bond acceptors (Lipinski definition) is 2. The first-order valence-corrected chi connectivity index (χ1v) is 5.90. The lowest BCUT2D eigenvalue weighted by Gasteiger charge is -2.10. The fraction of sp³-hybridized carbons (Fsp3) is 0.231. The van der Waals surface area contributed by atoms with E-state index in [-0.39, 0.29) is 12.1 Å². The molecule has 2 rings (SSSR count). The van der Waals surface area contributed by atoms with Crippen molar-refractivity contribution in [1.29, 1.82) is 0 Å². The van der Waals surface area contributed by atoms with Crippen LogP contribution in [-0.4, -0.2) is 15.5 Å². The third-order valence-electron chi connectivity index (χ3n) is 2.86. The molecular formula is C13H11F4N3O. The molecule has 0 fully saturated rings. The van der Waals surface area contributed by atoms with Crippen LogP contribution in [0.25, 0.3) is 0 Å². The average molecular weight is 301 g/mol. The number of benzene rings is 1. The standard InChI is InChI=1S/C13H11F4N3O/c1-20-5-4-18-11(20)7-19-12(21)8-2-3-10(14)9(6-8)13(15,16)17/h2-6H,7H2,1H3,(H,19,21). The second-order valence-electron chi connectivity index (χ2n) is 4.33. The van der Waals surface area contributed by atoms with Gasteiger partial charge in [-0.25, -0.2) is 9.37 Å². The maximum atomic E-state index is 13.1. The minimum Gasteiger partial charge on any atom is -0.345 e. The minimum atomic E-state index is -4.85. The summed E-state index contributed by atoms with van der Waals surface area (Å²) in [6.07, 6.45) is -1.65. The zero-order valence-electron chi connectivity index (χ0n) is 10.9. The van der Waals surface area contributed by atoms with Gasteiger partial charge in [-0.3, -0.25) is 4.79 Å². The van der Waals surface area contributed by atoms with Gasteiger partial charge < -0.3 is 9.88 Å². The van der Waals surface area contributed by atoms with E-state index in [1.54, 1.807) is 17.8 Å². The molecule has 0 radical (unpaired) electrons. The Balaban J connectivity index is 2.15. The largest absolute Gasteiger partial charge is 0.419 e. The van der Waals surface area contributed by atoms with Gasteiger partial charge >= 0.3 is 6.18 Å². The van der Waals surface area contributed by atoms with Crippen molar-refractivity contribution in [2.24, 2.45) is 7.05 Å². The highest BCUT2D eigenvalue weighted by atomic mass is 19.4. The van der Waals surface area contributed by atoms with Crippen LogP contribution in [0.1, 0.15) is 21.7 Å². The second-order valence-corrected chi connectivity index (χ2v) is 4.33. The number of aromatic nitrogens is 2. The molecule has 0 spiro atoms. The third-order valence-corrected chi connectivity index (χ3v) is 2.86. The summed E-state index contributed by atoms with van der Waals surface area (Å²) >= 11 is 0. The van der Waals surface area contributed by atoms with E-state index in [1.165, 1.54) is 6.20 Å². The molecule has 1 N–H and O–H groups in total. The molecule has 112 valence electrons. The first-order valence-electron chi connectivity index (χ1n) is 5.90. The van der Waals surface area contributed by atoms with Crippen LogP contribution < -0.4 is 5.32 Å².